The average molecular weight is 305 g/mol. The maximum Gasteiger partial charge on any atom is 0.223 e. The summed E-state index contributed by atoms with van der Waals surface area (Å²) in [6.45, 7) is 1.01. The quantitative estimate of drug-likeness (QED) is 0.725. The number of amides is 1. The molecule has 0 radical (unpaired) electrons. The number of hydrogen-bond donors (Lipinski definition) is 3. The summed E-state index contributed by atoms with van der Waals surface area (Å²) in [5.41, 5.74) is 5.71. The van der Waals surface area contributed by atoms with E-state index >= 15 is 0 Å². The molecular weight excluding hydrogens is 276 g/mol. The summed E-state index contributed by atoms with van der Waals surface area (Å²) in [5.74, 6) is 0.890. The minimum atomic E-state index is -0.373. The molecule has 0 bridgehead atoms. The van der Waals surface area contributed by atoms with Crippen LogP contribution in [-0.4, -0.2) is 30.2 Å². The van der Waals surface area contributed by atoms with E-state index in [4.69, 9.17) is 5.73 Å². The Hall–Kier alpha value is -0.320. The molecule has 1 amide bonds. The molecule has 0 aliphatic heterocycles. The maximum atomic E-state index is 12.1. The van der Waals surface area contributed by atoms with Crippen LogP contribution in [0.2, 0.25) is 0 Å². The lowest BCUT2D eigenvalue weighted by Gasteiger charge is -2.27. The van der Waals surface area contributed by atoms with E-state index in [1.165, 1.54) is 19.3 Å². The Bertz CT molecular complexity index is 296. The first-order valence-electron chi connectivity index (χ1n) is 7.88. The van der Waals surface area contributed by atoms with Gasteiger partial charge in [-0.15, -0.1) is 12.4 Å². The number of nitrogens with one attached hydrogen (secondary N) is 1. The highest BCUT2D eigenvalue weighted by molar-refractivity contribution is 5.85. The second kappa shape index (κ2) is 8.85. The summed E-state index contributed by atoms with van der Waals surface area (Å²) in [6.07, 6.45) is 8.68. The van der Waals surface area contributed by atoms with Gasteiger partial charge in [0.25, 0.3) is 0 Å². The molecule has 5 heteroatoms. The van der Waals surface area contributed by atoms with Crippen LogP contribution in [0.4, 0.5) is 0 Å². The van der Waals surface area contributed by atoms with Crippen molar-refractivity contribution in [3.63, 3.8) is 0 Å². The fourth-order valence-electron chi connectivity index (χ4n) is 3.69. The van der Waals surface area contributed by atoms with Crippen LogP contribution >= 0.6 is 12.4 Å². The minimum absolute atomic E-state index is 0. The number of aliphatic hydroxyl groups is 1. The highest BCUT2D eigenvalue weighted by Crippen LogP contribution is 2.31. The molecule has 0 aromatic carbocycles. The zero-order valence-corrected chi connectivity index (χ0v) is 13.0. The van der Waals surface area contributed by atoms with Gasteiger partial charge in [0.15, 0.2) is 0 Å². The van der Waals surface area contributed by atoms with Crippen LogP contribution in [0.5, 0.6) is 0 Å². The topological polar surface area (TPSA) is 75.4 Å². The summed E-state index contributed by atoms with van der Waals surface area (Å²) in [6, 6.07) is 0. The van der Waals surface area contributed by atoms with Crippen molar-refractivity contribution in [1.82, 2.24) is 5.32 Å². The minimum Gasteiger partial charge on any atom is -0.391 e. The molecule has 20 heavy (non-hydrogen) atoms. The number of carbonyl (C=O) groups is 1. The van der Waals surface area contributed by atoms with Gasteiger partial charge in [0.05, 0.1) is 6.10 Å². The largest absolute Gasteiger partial charge is 0.391 e. The van der Waals surface area contributed by atoms with E-state index in [1.807, 2.05) is 0 Å². The Balaban J connectivity index is 0.00000200. The number of aliphatic hydroxyl groups excluding tert-OH is 1. The molecule has 2 aliphatic carbocycles. The standard InChI is InChI=1S/C15H28N2O2.ClH/c16-9-12-7-4-8-13(12)15(19)17-10-14(18)11-5-2-1-3-6-11;/h11-14,18H,1-10,16H2,(H,17,19);1H/t12-,13-,14?;/m1./s1. The maximum absolute atomic E-state index is 12.1. The molecule has 4 N–H and O–H groups in total. The van der Waals surface area contributed by atoms with Gasteiger partial charge in [0.1, 0.15) is 0 Å². The van der Waals surface area contributed by atoms with Crippen molar-refractivity contribution in [1.29, 1.82) is 0 Å². The van der Waals surface area contributed by atoms with Crippen LogP contribution in [0.1, 0.15) is 51.4 Å². The first-order chi connectivity index (χ1) is 9.22. The van der Waals surface area contributed by atoms with Gasteiger partial charge >= 0.3 is 0 Å². The van der Waals surface area contributed by atoms with Gasteiger partial charge in [0.2, 0.25) is 5.91 Å². The smallest absolute Gasteiger partial charge is 0.223 e. The Labute approximate surface area is 128 Å². The molecule has 0 aromatic heterocycles. The van der Waals surface area contributed by atoms with Crippen LogP contribution < -0.4 is 11.1 Å². The van der Waals surface area contributed by atoms with Crippen molar-refractivity contribution in [2.45, 2.75) is 57.5 Å². The van der Waals surface area contributed by atoms with Crippen molar-refractivity contribution in [2.75, 3.05) is 13.1 Å². The molecule has 1 unspecified atom stereocenters. The van der Waals surface area contributed by atoms with Gasteiger partial charge in [0, 0.05) is 12.5 Å². The van der Waals surface area contributed by atoms with E-state index in [0.717, 1.165) is 32.1 Å². The van der Waals surface area contributed by atoms with Crippen molar-refractivity contribution in [2.24, 2.45) is 23.5 Å². The molecule has 0 heterocycles. The Morgan fingerprint density at radius 2 is 1.85 bits per heavy atom. The molecule has 0 aromatic rings. The van der Waals surface area contributed by atoms with E-state index in [2.05, 4.69) is 5.32 Å². The third-order valence-corrected chi connectivity index (χ3v) is 4.98. The predicted molar refractivity (Wildman–Crippen MR) is 82.7 cm³/mol. The van der Waals surface area contributed by atoms with Crippen molar-refractivity contribution < 1.29 is 9.90 Å². The van der Waals surface area contributed by atoms with Crippen molar-refractivity contribution in [3.8, 4) is 0 Å². The normalized spacial score (nSPS) is 28.7. The van der Waals surface area contributed by atoms with E-state index < -0.39 is 0 Å². The summed E-state index contributed by atoms with van der Waals surface area (Å²) >= 11 is 0. The van der Waals surface area contributed by atoms with Crippen molar-refractivity contribution in [3.05, 3.63) is 0 Å². The third-order valence-electron chi connectivity index (χ3n) is 4.98. The monoisotopic (exact) mass is 304 g/mol. The summed E-state index contributed by atoms with van der Waals surface area (Å²) in [7, 11) is 0. The van der Waals surface area contributed by atoms with E-state index in [1.54, 1.807) is 0 Å². The van der Waals surface area contributed by atoms with Gasteiger partial charge in [-0.1, -0.05) is 25.7 Å². The fraction of sp³-hybridized carbons (Fsp3) is 0.933. The third kappa shape index (κ3) is 4.61. The average Bonchev–Trinajstić information content (AvgIpc) is 2.93. The lowest BCUT2D eigenvalue weighted by Crippen LogP contribution is -2.41. The summed E-state index contributed by atoms with van der Waals surface area (Å²) in [4.78, 5) is 12.1. The van der Waals surface area contributed by atoms with Crippen molar-refractivity contribution >= 4 is 18.3 Å². The van der Waals surface area contributed by atoms with E-state index in [9.17, 15) is 9.90 Å². The highest BCUT2D eigenvalue weighted by Gasteiger charge is 2.32. The van der Waals surface area contributed by atoms with Crippen LogP contribution in [0.25, 0.3) is 0 Å². The SMILES string of the molecule is Cl.NC[C@H]1CCC[C@H]1C(=O)NCC(O)C1CCCCC1. The van der Waals surface area contributed by atoms with Gasteiger partial charge < -0.3 is 16.2 Å². The zero-order valence-electron chi connectivity index (χ0n) is 12.2. The van der Waals surface area contributed by atoms with E-state index in [0.29, 0.717) is 24.9 Å². The van der Waals surface area contributed by atoms with Crippen LogP contribution in [0.3, 0.4) is 0 Å². The lowest BCUT2D eigenvalue weighted by atomic mass is 9.85. The molecule has 2 fully saturated rings. The van der Waals surface area contributed by atoms with Crippen LogP contribution in [0.15, 0.2) is 0 Å². The second-order valence-electron chi connectivity index (χ2n) is 6.24. The van der Waals surface area contributed by atoms with Crippen LogP contribution in [-0.2, 0) is 4.79 Å². The summed E-state index contributed by atoms with van der Waals surface area (Å²) < 4.78 is 0. The van der Waals surface area contributed by atoms with Gasteiger partial charge in [-0.25, -0.2) is 0 Å². The fourth-order valence-corrected chi connectivity index (χ4v) is 3.69. The number of nitrogens with two attached hydrogens (primary N) is 1. The molecule has 2 aliphatic rings. The van der Waals surface area contributed by atoms with Gasteiger partial charge in [-0.05, 0) is 44.1 Å². The second-order valence-corrected chi connectivity index (χ2v) is 6.24. The molecule has 118 valence electrons. The number of halogens is 1. The molecule has 0 spiro atoms. The summed E-state index contributed by atoms with van der Waals surface area (Å²) in [5, 5.41) is 13.1. The lowest BCUT2D eigenvalue weighted by molar-refractivity contribution is -0.126. The molecular formula is C15H29ClN2O2. The molecule has 2 rings (SSSR count). The molecule has 3 atom stereocenters. The Morgan fingerprint density at radius 3 is 2.50 bits per heavy atom. The molecule has 4 nitrogen and oxygen atoms in total. The Kier molecular flexibility index (Phi) is 7.85. The first-order valence-corrected chi connectivity index (χ1v) is 7.88. The molecule has 0 saturated heterocycles. The zero-order chi connectivity index (χ0) is 13.7. The number of rotatable bonds is 5. The van der Waals surface area contributed by atoms with Gasteiger partial charge in [-0.3, -0.25) is 4.79 Å². The number of carbonyl (C=O) groups excluding carboxylic acids is 1. The van der Waals surface area contributed by atoms with E-state index in [-0.39, 0.29) is 30.3 Å². The Morgan fingerprint density at radius 1 is 1.15 bits per heavy atom. The highest BCUT2D eigenvalue weighted by atomic mass is 35.5. The van der Waals surface area contributed by atoms with Crippen LogP contribution in [0, 0.1) is 17.8 Å². The first kappa shape index (κ1) is 17.7. The number of hydrogen-bond acceptors (Lipinski definition) is 3. The van der Waals surface area contributed by atoms with Gasteiger partial charge in [-0.2, -0.15) is 0 Å². The molecule has 2 saturated carbocycles. The predicted octanol–water partition coefficient (Wildman–Crippen LogP) is 1.84.